The van der Waals surface area contributed by atoms with Crippen LogP contribution in [-0.2, 0) is 4.74 Å². The van der Waals surface area contributed by atoms with Crippen LogP contribution in [0.5, 0.6) is 5.75 Å². The maximum Gasteiger partial charge on any atom is 0.255 e. The van der Waals surface area contributed by atoms with Gasteiger partial charge in [-0.25, -0.2) is 0 Å². The molecule has 2 heterocycles. The van der Waals surface area contributed by atoms with E-state index >= 15 is 0 Å². The summed E-state index contributed by atoms with van der Waals surface area (Å²) in [5.41, 5.74) is 0.233. The Balaban J connectivity index is 1.68. The zero-order valence-corrected chi connectivity index (χ0v) is 10.8. The van der Waals surface area contributed by atoms with Gasteiger partial charge in [0.05, 0.1) is 24.5 Å². The van der Waals surface area contributed by atoms with E-state index in [0.717, 1.165) is 25.9 Å². The number of ether oxygens (including phenoxy) is 1. The van der Waals surface area contributed by atoms with Crippen LogP contribution in [0.15, 0.2) is 18.5 Å². The van der Waals surface area contributed by atoms with Crippen molar-refractivity contribution < 1.29 is 14.6 Å². The Morgan fingerprint density at radius 3 is 3.05 bits per heavy atom. The molecule has 3 N–H and O–H groups in total. The number of nitrogens with zero attached hydrogens (tertiary/aromatic N) is 1. The molecule has 1 aromatic heterocycles. The Hall–Kier alpha value is -1.66. The van der Waals surface area contributed by atoms with Crippen LogP contribution in [0.2, 0.25) is 0 Å². The van der Waals surface area contributed by atoms with Gasteiger partial charge in [-0.15, -0.1) is 0 Å². The van der Waals surface area contributed by atoms with Gasteiger partial charge in [-0.3, -0.25) is 9.78 Å². The van der Waals surface area contributed by atoms with Crippen molar-refractivity contribution in [1.82, 2.24) is 15.6 Å². The maximum atomic E-state index is 11.8. The number of amides is 1. The molecule has 0 aliphatic carbocycles. The molecule has 0 bridgehead atoms. The number of carbonyl (C=O) groups excluding carboxylic acids is 1. The van der Waals surface area contributed by atoms with Crippen molar-refractivity contribution in [3.63, 3.8) is 0 Å². The number of aromatic nitrogens is 1. The van der Waals surface area contributed by atoms with Gasteiger partial charge in [0.1, 0.15) is 5.75 Å². The predicted molar refractivity (Wildman–Crippen MR) is 70.1 cm³/mol. The predicted octanol–water partition coefficient (Wildman–Crippen LogP) is 0.286. The molecule has 0 aromatic carbocycles. The van der Waals surface area contributed by atoms with E-state index in [-0.39, 0.29) is 23.3 Å². The van der Waals surface area contributed by atoms with E-state index in [1.807, 2.05) is 0 Å². The molecule has 1 aliphatic heterocycles. The van der Waals surface area contributed by atoms with Crippen molar-refractivity contribution in [2.24, 2.45) is 0 Å². The van der Waals surface area contributed by atoms with Gasteiger partial charge in [-0.2, -0.15) is 0 Å². The Kier molecular flexibility index (Phi) is 5.11. The average molecular weight is 265 g/mol. The molecule has 0 unspecified atom stereocenters. The first kappa shape index (κ1) is 13.8. The molecule has 104 valence electrons. The minimum atomic E-state index is -0.311. The summed E-state index contributed by atoms with van der Waals surface area (Å²) in [6.45, 7) is 2.90. The van der Waals surface area contributed by atoms with Crippen molar-refractivity contribution in [2.45, 2.75) is 18.9 Å². The molecule has 1 aliphatic rings. The van der Waals surface area contributed by atoms with Crippen molar-refractivity contribution in [1.29, 1.82) is 0 Å². The fourth-order valence-electron chi connectivity index (χ4n) is 2.03. The van der Waals surface area contributed by atoms with Crippen LogP contribution in [0.1, 0.15) is 23.2 Å². The first-order chi connectivity index (χ1) is 9.27. The van der Waals surface area contributed by atoms with Crippen LogP contribution in [0.4, 0.5) is 0 Å². The zero-order chi connectivity index (χ0) is 13.5. The molecule has 0 spiro atoms. The van der Waals surface area contributed by atoms with E-state index in [1.165, 1.54) is 18.5 Å². The Bertz CT molecular complexity index is 419. The maximum absolute atomic E-state index is 11.8. The molecule has 1 aromatic rings. The summed E-state index contributed by atoms with van der Waals surface area (Å²) in [6, 6.07) is 1.48. The van der Waals surface area contributed by atoms with E-state index < -0.39 is 0 Å². The third-order valence-corrected chi connectivity index (χ3v) is 3.07. The molecule has 6 nitrogen and oxygen atoms in total. The quantitative estimate of drug-likeness (QED) is 0.666. The number of rotatable bonds is 5. The van der Waals surface area contributed by atoms with Gasteiger partial charge in [-0.1, -0.05) is 0 Å². The summed E-state index contributed by atoms with van der Waals surface area (Å²) in [7, 11) is 0. The monoisotopic (exact) mass is 265 g/mol. The summed E-state index contributed by atoms with van der Waals surface area (Å²) < 4.78 is 5.67. The van der Waals surface area contributed by atoms with Gasteiger partial charge in [0.15, 0.2) is 0 Å². The molecule has 1 fully saturated rings. The van der Waals surface area contributed by atoms with E-state index in [1.54, 1.807) is 0 Å². The van der Waals surface area contributed by atoms with Crippen LogP contribution in [0.25, 0.3) is 0 Å². The summed E-state index contributed by atoms with van der Waals surface area (Å²) in [6.07, 6.45) is 5.03. The first-order valence-corrected chi connectivity index (χ1v) is 6.51. The topological polar surface area (TPSA) is 83.5 Å². The van der Waals surface area contributed by atoms with E-state index in [0.29, 0.717) is 13.2 Å². The van der Waals surface area contributed by atoms with E-state index in [4.69, 9.17) is 4.74 Å². The Morgan fingerprint density at radius 2 is 2.32 bits per heavy atom. The highest BCUT2D eigenvalue weighted by atomic mass is 16.5. The standard InChI is InChI=1S/C13H19N3O3/c17-12-9-15-6-3-11(12)13(18)16-7-8-19-10-1-4-14-5-2-10/h3,6,9-10,14,17H,1-2,4-5,7-8H2,(H,16,18). The molecule has 6 heteroatoms. The fraction of sp³-hybridized carbons (Fsp3) is 0.538. The Morgan fingerprint density at radius 1 is 1.53 bits per heavy atom. The highest BCUT2D eigenvalue weighted by Crippen LogP contribution is 2.13. The number of carbonyl (C=O) groups is 1. The highest BCUT2D eigenvalue weighted by molar-refractivity contribution is 5.96. The molecule has 1 amide bonds. The van der Waals surface area contributed by atoms with Crippen LogP contribution < -0.4 is 10.6 Å². The van der Waals surface area contributed by atoms with Gasteiger partial charge in [0.25, 0.3) is 5.91 Å². The lowest BCUT2D eigenvalue weighted by molar-refractivity contribution is 0.0343. The third kappa shape index (κ3) is 4.18. The van der Waals surface area contributed by atoms with Crippen molar-refractivity contribution in [2.75, 3.05) is 26.2 Å². The molecular weight excluding hydrogens is 246 g/mol. The SMILES string of the molecule is O=C(NCCOC1CCNCC1)c1ccncc1O. The normalized spacial score (nSPS) is 16.2. The lowest BCUT2D eigenvalue weighted by Crippen LogP contribution is -2.34. The number of aromatic hydroxyl groups is 1. The fourth-order valence-corrected chi connectivity index (χ4v) is 2.03. The number of nitrogens with one attached hydrogen (secondary N) is 2. The highest BCUT2D eigenvalue weighted by Gasteiger charge is 2.13. The van der Waals surface area contributed by atoms with Crippen LogP contribution >= 0.6 is 0 Å². The average Bonchev–Trinajstić information content (AvgIpc) is 2.45. The smallest absolute Gasteiger partial charge is 0.255 e. The van der Waals surface area contributed by atoms with Gasteiger partial charge >= 0.3 is 0 Å². The number of pyridine rings is 1. The van der Waals surface area contributed by atoms with Crippen LogP contribution in [-0.4, -0.2) is 48.3 Å². The minimum absolute atomic E-state index is 0.112. The molecule has 1 saturated heterocycles. The van der Waals surface area contributed by atoms with Gasteiger partial charge in [-0.05, 0) is 32.0 Å². The van der Waals surface area contributed by atoms with Gasteiger partial charge < -0.3 is 20.5 Å². The van der Waals surface area contributed by atoms with E-state index in [2.05, 4.69) is 15.6 Å². The van der Waals surface area contributed by atoms with Gasteiger partial charge in [0.2, 0.25) is 0 Å². The van der Waals surface area contributed by atoms with Crippen LogP contribution in [0.3, 0.4) is 0 Å². The minimum Gasteiger partial charge on any atom is -0.505 e. The molecule has 2 rings (SSSR count). The number of piperidine rings is 1. The molecule has 0 saturated carbocycles. The number of hydrogen-bond donors (Lipinski definition) is 3. The summed E-state index contributed by atoms with van der Waals surface area (Å²) in [5.74, 6) is -0.423. The van der Waals surface area contributed by atoms with E-state index in [9.17, 15) is 9.90 Å². The zero-order valence-electron chi connectivity index (χ0n) is 10.8. The molecular formula is C13H19N3O3. The second kappa shape index (κ2) is 7.06. The third-order valence-electron chi connectivity index (χ3n) is 3.07. The lowest BCUT2D eigenvalue weighted by Gasteiger charge is -2.22. The van der Waals surface area contributed by atoms with Crippen molar-refractivity contribution >= 4 is 5.91 Å². The molecule has 0 radical (unpaired) electrons. The summed E-state index contributed by atoms with van der Waals surface area (Å²) in [5, 5.41) is 15.5. The molecule has 0 atom stereocenters. The lowest BCUT2D eigenvalue weighted by atomic mass is 10.1. The second-order valence-corrected chi connectivity index (χ2v) is 4.47. The molecule has 19 heavy (non-hydrogen) atoms. The van der Waals surface area contributed by atoms with Crippen molar-refractivity contribution in [3.8, 4) is 5.75 Å². The largest absolute Gasteiger partial charge is 0.505 e. The number of hydrogen-bond acceptors (Lipinski definition) is 5. The van der Waals surface area contributed by atoms with Gasteiger partial charge in [0, 0.05) is 12.7 Å². The second-order valence-electron chi connectivity index (χ2n) is 4.47. The Labute approximate surface area is 112 Å². The summed E-state index contributed by atoms with van der Waals surface area (Å²) in [4.78, 5) is 15.5. The van der Waals surface area contributed by atoms with Crippen LogP contribution in [0, 0.1) is 0 Å². The first-order valence-electron chi connectivity index (χ1n) is 6.51. The summed E-state index contributed by atoms with van der Waals surface area (Å²) >= 11 is 0. The van der Waals surface area contributed by atoms with Crippen molar-refractivity contribution in [3.05, 3.63) is 24.0 Å².